The third kappa shape index (κ3) is 19.3. The number of rotatable bonds is 11. The molecule has 0 unspecified atom stereocenters. The number of unbranched alkanes of at least 4 members (excludes halogenated alkanes) is 1. The van der Waals surface area contributed by atoms with Crippen molar-refractivity contribution in [2.45, 2.75) is 137 Å². The highest BCUT2D eigenvalue weighted by Crippen LogP contribution is 2.26. The fraction of sp³-hybridized carbons (Fsp3) is 0.431. The Morgan fingerprint density at radius 1 is 0.674 bits per heavy atom. The molecule has 8 rings (SSSR count). The van der Waals surface area contributed by atoms with Crippen LogP contribution in [0.25, 0.3) is 10.9 Å². The number of benzene rings is 4. The number of H-pyrrole nitrogens is 1. The fourth-order valence-corrected chi connectivity index (χ4v) is 13.3. The van der Waals surface area contributed by atoms with Crippen molar-refractivity contribution in [2.75, 3.05) is 37.7 Å². The molecular weight excluding hydrogens is 1220 g/mol. The number of nitrogens with zero attached hydrogens (tertiary/aromatic N) is 3. The van der Waals surface area contributed by atoms with Gasteiger partial charge in [-0.25, -0.2) is 4.39 Å². The Kier molecular flexibility index (Phi) is 25.0. The molecule has 2 saturated heterocycles. The number of aromatic amines is 1. The lowest BCUT2D eigenvalue weighted by molar-refractivity contribution is -0.143. The summed E-state index contributed by atoms with van der Waals surface area (Å²) in [5.41, 5.74) is 15.8. The first-order chi connectivity index (χ1) is 44.3. The number of aromatic hydroxyl groups is 1. The van der Waals surface area contributed by atoms with Crippen LogP contribution in [0, 0.1) is 17.1 Å². The lowest BCUT2D eigenvalue weighted by Gasteiger charge is -2.31. The van der Waals surface area contributed by atoms with Gasteiger partial charge in [0.25, 0.3) is 0 Å². The van der Waals surface area contributed by atoms with Crippen LogP contribution in [0.1, 0.15) is 91.7 Å². The molecule has 10 amide bonds. The van der Waals surface area contributed by atoms with Gasteiger partial charge < -0.3 is 68.6 Å². The van der Waals surface area contributed by atoms with Crippen LogP contribution in [-0.2, 0) is 78.7 Å². The van der Waals surface area contributed by atoms with E-state index in [2.05, 4.69) is 42.2 Å². The number of hydrogen-bond donors (Lipinski definition) is 11. The summed E-state index contributed by atoms with van der Waals surface area (Å²) in [4.78, 5) is 147. The predicted molar refractivity (Wildman–Crippen MR) is 344 cm³/mol. The van der Waals surface area contributed by atoms with E-state index in [9.17, 15) is 57.9 Å². The number of halogens is 1. The number of primary amides is 1. The highest BCUT2D eigenvalue weighted by atomic mass is 32.2. The van der Waals surface area contributed by atoms with Crippen LogP contribution in [0.15, 0.2) is 97.2 Å². The Morgan fingerprint density at radius 2 is 1.28 bits per heavy atom. The van der Waals surface area contributed by atoms with E-state index in [0.29, 0.717) is 82.6 Å². The number of hydrogen-bond acceptors (Lipinski definition) is 15. The minimum Gasteiger partial charge on any atom is -0.508 e. The standard InChI is InChI=1S/C65H78FN13O11S2/c1-38-59(84)75-51(29-40-16-19-46(80)20-17-40)64(89)79-25-6-11-55(79)63(88)77-53(58(69)83)37-92-36-43-8-4-7-42(27-43)35-91-26-22-56(81)73-49(9-2-3-23-67)60(85)71-34-57(82)74-50(30-44-33-70-48-21-18-45(66)31-47(44)48)61(86)76-52(28-39-12-14-41(32-68)15-13-39)65(90)78-24-5-10-54(78)62(87)72-38/h4,7-8,12-21,27,31,33,38,49-55,70,80H,2-3,5-6,9-11,22-26,28-30,34-37,67H2,1H3,(H2,69,83)(H,71,85)(H,72,87)(H,73,81)(H,74,82)(H,75,84)(H,76,86)(H,77,88)/t38-,49-,50-,51-,52-,53-,54-,55-/m0/s1. The van der Waals surface area contributed by atoms with Crippen LogP contribution in [-0.4, -0.2) is 165 Å². The number of amides is 10. The average Bonchev–Trinajstić information content (AvgIpc) is 1.86. The number of thioether (sulfide) groups is 2. The number of carbonyl (C=O) groups is 10. The summed E-state index contributed by atoms with van der Waals surface area (Å²) >= 11 is 2.86. The van der Waals surface area contributed by atoms with Gasteiger partial charge in [0.2, 0.25) is 59.1 Å². The normalized spacial score (nSPS) is 23.5. The van der Waals surface area contributed by atoms with E-state index in [4.69, 9.17) is 11.5 Å². The van der Waals surface area contributed by atoms with Crippen molar-refractivity contribution < 1.29 is 57.4 Å². The van der Waals surface area contributed by atoms with E-state index >= 15 is 4.79 Å². The lowest BCUT2D eigenvalue weighted by Crippen LogP contribution is -2.60. The maximum Gasteiger partial charge on any atom is 0.246 e. The van der Waals surface area contributed by atoms with Gasteiger partial charge in [0.05, 0.1) is 18.2 Å². The summed E-state index contributed by atoms with van der Waals surface area (Å²) in [6, 6.07) is 16.2. The number of fused-ring (bicyclic) bond motifs is 5. The Morgan fingerprint density at radius 3 is 1.91 bits per heavy atom. The van der Waals surface area contributed by atoms with Crippen LogP contribution in [0.3, 0.4) is 0 Å². The average molecular weight is 1300 g/mol. The van der Waals surface area contributed by atoms with Crippen molar-refractivity contribution in [1.82, 2.24) is 52.0 Å². The molecule has 8 atom stereocenters. The van der Waals surface area contributed by atoms with Crippen molar-refractivity contribution in [3.05, 3.63) is 136 Å². The third-order valence-electron chi connectivity index (χ3n) is 16.3. The van der Waals surface area contributed by atoms with E-state index < -0.39 is 120 Å². The minimum absolute atomic E-state index is 0.0422. The molecular formula is C65H78FN13O11S2. The van der Waals surface area contributed by atoms with Crippen molar-refractivity contribution in [3.8, 4) is 11.8 Å². The number of phenolic OH excluding ortho intramolecular Hbond substituents is 1. The molecule has 13 N–H and O–H groups in total. The second-order valence-electron chi connectivity index (χ2n) is 23.2. The number of nitrogens with one attached hydrogen (secondary N) is 8. The van der Waals surface area contributed by atoms with Gasteiger partial charge in [-0.05, 0) is 129 Å². The largest absolute Gasteiger partial charge is 0.508 e. The zero-order valence-electron chi connectivity index (χ0n) is 51.0. The molecule has 0 spiro atoms. The maximum absolute atomic E-state index is 15.1. The van der Waals surface area contributed by atoms with E-state index in [1.54, 1.807) is 30.5 Å². The molecule has 3 aliphatic rings. The summed E-state index contributed by atoms with van der Waals surface area (Å²) in [6.45, 7) is 1.27. The Hall–Kier alpha value is -9.00. The molecule has 2 bridgehead atoms. The van der Waals surface area contributed by atoms with Gasteiger partial charge in [-0.15, -0.1) is 0 Å². The Bertz CT molecular complexity index is 3530. The van der Waals surface area contributed by atoms with Gasteiger partial charge >= 0.3 is 0 Å². The zero-order chi connectivity index (χ0) is 65.8. The van der Waals surface area contributed by atoms with E-state index in [1.165, 1.54) is 82.7 Å². The Labute approximate surface area is 540 Å². The molecule has 5 aromatic rings. The predicted octanol–water partition coefficient (Wildman–Crippen LogP) is 2.12. The van der Waals surface area contributed by atoms with Crippen LogP contribution in [0.4, 0.5) is 4.39 Å². The molecule has 2 fully saturated rings. The van der Waals surface area contributed by atoms with Crippen LogP contribution in [0.5, 0.6) is 5.75 Å². The highest BCUT2D eigenvalue weighted by molar-refractivity contribution is 7.98. The zero-order valence-corrected chi connectivity index (χ0v) is 52.6. The molecule has 3 aliphatic heterocycles. The molecule has 92 heavy (non-hydrogen) atoms. The monoisotopic (exact) mass is 1300 g/mol. The molecule has 4 heterocycles. The molecule has 0 radical (unpaired) electrons. The molecule has 27 heteroatoms. The number of nitriles is 1. The van der Waals surface area contributed by atoms with Crippen molar-refractivity contribution in [3.63, 3.8) is 0 Å². The molecule has 0 saturated carbocycles. The smallest absolute Gasteiger partial charge is 0.246 e. The fourth-order valence-electron chi connectivity index (χ4n) is 11.4. The molecule has 4 aromatic carbocycles. The number of phenols is 1. The summed E-state index contributed by atoms with van der Waals surface area (Å²) in [5.74, 6) is -6.12. The van der Waals surface area contributed by atoms with Crippen molar-refractivity contribution in [2.24, 2.45) is 11.5 Å². The van der Waals surface area contributed by atoms with Crippen molar-refractivity contribution in [1.29, 1.82) is 5.26 Å². The lowest BCUT2D eigenvalue weighted by atomic mass is 10.0. The van der Waals surface area contributed by atoms with Gasteiger partial charge in [-0.2, -0.15) is 28.8 Å². The topological polar surface area (TPSA) is 373 Å². The second-order valence-corrected chi connectivity index (χ2v) is 25.3. The van der Waals surface area contributed by atoms with Gasteiger partial charge in [-0.3, -0.25) is 47.9 Å². The Balaban J connectivity index is 1.08. The van der Waals surface area contributed by atoms with Crippen LogP contribution < -0.4 is 48.7 Å². The molecule has 1 aromatic heterocycles. The number of carbonyl (C=O) groups excluding carboxylic acids is 10. The first-order valence-electron chi connectivity index (χ1n) is 30.7. The molecule has 488 valence electrons. The van der Waals surface area contributed by atoms with Crippen LogP contribution in [0.2, 0.25) is 0 Å². The molecule has 0 aliphatic carbocycles. The summed E-state index contributed by atoms with van der Waals surface area (Å²) in [7, 11) is 0. The highest BCUT2D eigenvalue weighted by Gasteiger charge is 2.42. The van der Waals surface area contributed by atoms with Crippen molar-refractivity contribution >= 4 is 93.5 Å². The second kappa shape index (κ2) is 33.4. The van der Waals surface area contributed by atoms with Gasteiger partial charge in [0.15, 0.2) is 0 Å². The minimum atomic E-state index is -1.47. The van der Waals surface area contributed by atoms with E-state index in [-0.39, 0.29) is 69.5 Å². The maximum atomic E-state index is 15.1. The van der Waals surface area contributed by atoms with Crippen LogP contribution >= 0.6 is 23.5 Å². The first kappa shape index (κ1) is 68.9. The summed E-state index contributed by atoms with van der Waals surface area (Å²) < 4.78 is 14.8. The summed E-state index contributed by atoms with van der Waals surface area (Å²) in [6.07, 6.45) is 3.47. The van der Waals surface area contributed by atoms with Gasteiger partial charge in [-0.1, -0.05) is 48.5 Å². The SMILES string of the molecule is C[C@@H]1NC(=O)[C@@H]2CCCN2C(=O)[C@H](Cc2ccc(C#N)cc2)NC(=O)[C@H](Cc2c[nH]c3ccc(F)cc23)NC(=O)CNC(=O)[C@H](CCCCN)NC(=O)CCSCc2cccc(c2)CSC[C@@H](C(N)=O)NC(=O)[C@@H]2CCCN2C(=O)[C@H](Cc2ccc(O)cc2)NC1=O. The van der Waals surface area contributed by atoms with Gasteiger partial charge in [0, 0.05) is 78.9 Å². The quantitative estimate of drug-likeness (QED) is 0.0844. The third-order valence-corrected chi connectivity index (χ3v) is 18.5. The number of aromatic nitrogens is 1. The van der Waals surface area contributed by atoms with E-state index in [1.807, 2.05) is 30.3 Å². The molecule has 24 nitrogen and oxygen atoms in total. The van der Waals surface area contributed by atoms with Gasteiger partial charge in [0.1, 0.15) is 59.9 Å². The number of nitrogens with two attached hydrogens (primary N) is 2. The van der Waals surface area contributed by atoms with E-state index in [0.717, 1.165) is 11.1 Å². The summed E-state index contributed by atoms with van der Waals surface area (Å²) in [5, 5.41) is 39.2. The first-order valence-corrected chi connectivity index (χ1v) is 33.0.